The van der Waals surface area contributed by atoms with Crippen molar-refractivity contribution in [2.24, 2.45) is 0 Å². The average Bonchev–Trinajstić information content (AvgIpc) is 2.95. The molecule has 1 aromatic carbocycles. The fourth-order valence-corrected chi connectivity index (χ4v) is 2.21. The number of carbonyl (C=O) groups excluding carboxylic acids is 1. The van der Waals surface area contributed by atoms with E-state index in [4.69, 9.17) is 4.74 Å². The van der Waals surface area contributed by atoms with E-state index in [9.17, 15) is 18.0 Å². The van der Waals surface area contributed by atoms with E-state index in [1.54, 1.807) is 30.3 Å². The highest BCUT2D eigenvalue weighted by molar-refractivity contribution is 5.68. The first kappa shape index (κ1) is 15.6. The summed E-state index contributed by atoms with van der Waals surface area (Å²) in [6.45, 7) is 0.0803. The Hall–Kier alpha value is -1.76. The molecule has 0 saturated carbocycles. The van der Waals surface area contributed by atoms with Crippen molar-refractivity contribution in [1.82, 2.24) is 10.2 Å². The summed E-state index contributed by atoms with van der Waals surface area (Å²) in [4.78, 5) is 11.5. The first-order chi connectivity index (χ1) is 9.97. The summed E-state index contributed by atoms with van der Waals surface area (Å²) in [5.41, 5.74) is 0.645. The maximum absolute atomic E-state index is 12.9. The van der Waals surface area contributed by atoms with E-state index in [2.05, 4.69) is 5.32 Å². The van der Waals surface area contributed by atoms with Crippen molar-refractivity contribution in [3.8, 4) is 0 Å². The van der Waals surface area contributed by atoms with Gasteiger partial charge in [0.2, 0.25) is 0 Å². The van der Waals surface area contributed by atoms with E-state index in [1.165, 1.54) is 0 Å². The summed E-state index contributed by atoms with van der Waals surface area (Å²) in [6.07, 6.45) is -4.66. The van der Waals surface area contributed by atoms with Crippen LogP contribution in [0, 0.1) is 0 Å². The molecule has 1 aromatic rings. The van der Waals surface area contributed by atoms with Gasteiger partial charge >= 0.3 is 12.4 Å². The molecule has 116 valence electrons. The minimum atomic E-state index is -4.74. The van der Waals surface area contributed by atoms with Gasteiger partial charge in [0.1, 0.15) is 6.61 Å². The molecule has 1 saturated heterocycles. The third kappa shape index (κ3) is 4.63. The molecular formula is C14H17F3N2O2. The molecule has 1 aliphatic rings. The van der Waals surface area contributed by atoms with Crippen molar-refractivity contribution in [1.29, 1.82) is 0 Å². The Morgan fingerprint density at radius 2 is 2.05 bits per heavy atom. The second kappa shape index (κ2) is 6.80. The summed E-state index contributed by atoms with van der Waals surface area (Å²) in [6, 6.07) is 8.27. The summed E-state index contributed by atoms with van der Waals surface area (Å²) >= 11 is 0. The summed E-state index contributed by atoms with van der Waals surface area (Å²) in [5, 5.41) is 2.94. The van der Waals surface area contributed by atoms with Crippen LogP contribution >= 0.6 is 0 Å². The van der Waals surface area contributed by atoms with Gasteiger partial charge in [-0.2, -0.15) is 0 Å². The first-order valence-electron chi connectivity index (χ1n) is 6.75. The molecule has 0 aromatic heterocycles. The molecule has 1 amide bonds. The summed E-state index contributed by atoms with van der Waals surface area (Å²) in [5.74, 6) is 0. The van der Waals surface area contributed by atoms with Gasteiger partial charge in [0.25, 0.3) is 0 Å². The van der Waals surface area contributed by atoms with Gasteiger partial charge in [0, 0.05) is 12.6 Å². The summed E-state index contributed by atoms with van der Waals surface area (Å²) < 4.78 is 43.6. The molecule has 4 nitrogen and oxygen atoms in total. The van der Waals surface area contributed by atoms with Gasteiger partial charge in [-0.05, 0) is 24.9 Å². The highest BCUT2D eigenvalue weighted by atomic mass is 19.4. The Bertz CT molecular complexity index is 459. The zero-order chi connectivity index (χ0) is 15.3. The number of amides is 1. The number of halogens is 3. The van der Waals surface area contributed by atoms with Crippen LogP contribution in [0.25, 0.3) is 0 Å². The normalized spacial score (nSPS) is 18.5. The standard InChI is InChI=1S/C14H17F3N2O2/c15-14(16,17)19(9-12-7-4-8-18-12)13(20)21-10-11-5-2-1-3-6-11/h1-3,5-6,12,18H,4,7-10H2/t12-/m1/s1. The van der Waals surface area contributed by atoms with Crippen LogP contribution in [0.2, 0.25) is 0 Å². The molecule has 1 aliphatic heterocycles. The molecule has 1 fully saturated rings. The zero-order valence-corrected chi connectivity index (χ0v) is 11.4. The number of alkyl halides is 3. The maximum atomic E-state index is 12.9. The molecular weight excluding hydrogens is 285 g/mol. The zero-order valence-electron chi connectivity index (χ0n) is 11.4. The van der Waals surface area contributed by atoms with Gasteiger partial charge in [-0.25, -0.2) is 9.69 Å². The first-order valence-corrected chi connectivity index (χ1v) is 6.75. The molecule has 2 rings (SSSR count). The van der Waals surface area contributed by atoms with Crippen molar-refractivity contribution in [3.05, 3.63) is 35.9 Å². The van der Waals surface area contributed by atoms with E-state index < -0.39 is 18.9 Å². The molecule has 0 bridgehead atoms. The van der Waals surface area contributed by atoms with Crippen LogP contribution in [0.4, 0.5) is 18.0 Å². The predicted octanol–water partition coefficient (Wildman–Crippen LogP) is 2.90. The second-order valence-electron chi connectivity index (χ2n) is 4.91. The highest BCUT2D eigenvalue weighted by Crippen LogP contribution is 2.24. The Morgan fingerprint density at radius 1 is 1.33 bits per heavy atom. The van der Waals surface area contributed by atoms with Crippen molar-refractivity contribution in [3.63, 3.8) is 0 Å². The minimum Gasteiger partial charge on any atom is -0.444 e. The molecule has 0 spiro atoms. The topological polar surface area (TPSA) is 41.6 Å². The van der Waals surface area contributed by atoms with Crippen LogP contribution in [0.15, 0.2) is 30.3 Å². The Balaban J connectivity index is 1.94. The fraction of sp³-hybridized carbons (Fsp3) is 0.500. The van der Waals surface area contributed by atoms with Gasteiger partial charge in [0.05, 0.1) is 0 Å². The van der Waals surface area contributed by atoms with Crippen LogP contribution in [0.3, 0.4) is 0 Å². The van der Waals surface area contributed by atoms with E-state index in [0.29, 0.717) is 18.5 Å². The number of carbonyl (C=O) groups is 1. The number of nitrogens with one attached hydrogen (secondary N) is 1. The number of nitrogens with zero attached hydrogens (tertiary/aromatic N) is 1. The van der Waals surface area contributed by atoms with Crippen molar-refractivity contribution in [2.75, 3.05) is 13.1 Å². The van der Waals surface area contributed by atoms with Crippen molar-refractivity contribution in [2.45, 2.75) is 31.8 Å². The maximum Gasteiger partial charge on any atom is 0.489 e. The number of ether oxygens (including phenoxy) is 1. The molecule has 1 heterocycles. The lowest BCUT2D eigenvalue weighted by Gasteiger charge is -2.26. The number of hydrogen-bond donors (Lipinski definition) is 1. The van der Waals surface area contributed by atoms with Crippen LogP contribution in [-0.4, -0.2) is 36.4 Å². The Morgan fingerprint density at radius 3 is 2.62 bits per heavy atom. The van der Waals surface area contributed by atoms with Gasteiger partial charge in [-0.3, -0.25) is 0 Å². The van der Waals surface area contributed by atoms with Crippen molar-refractivity contribution >= 4 is 6.09 Å². The molecule has 21 heavy (non-hydrogen) atoms. The average molecular weight is 302 g/mol. The molecule has 0 unspecified atom stereocenters. The van der Waals surface area contributed by atoms with E-state index in [0.717, 1.165) is 6.42 Å². The number of benzene rings is 1. The second-order valence-corrected chi connectivity index (χ2v) is 4.91. The Kier molecular flexibility index (Phi) is 5.06. The summed E-state index contributed by atoms with van der Waals surface area (Å²) in [7, 11) is 0. The fourth-order valence-electron chi connectivity index (χ4n) is 2.21. The number of rotatable bonds is 4. The van der Waals surface area contributed by atoms with Gasteiger partial charge < -0.3 is 10.1 Å². The molecule has 7 heteroatoms. The lowest BCUT2D eigenvalue weighted by Crippen LogP contribution is -2.49. The lowest BCUT2D eigenvalue weighted by atomic mass is 10.2. The van der Waals surface area contributed by atoms with E-state index >= 15 is 0 Å². The quantitative estimate of drug-likeness (QED) is 0.870. The third-order valence-corrected chi connectivity index (χ3v) is 3.30. The van der Waals surface area contributed by atoms with Gasteiger partial charge in [-0.15, -0.1) is 13.2 Å². The van der Waals surface area contributed by atoms with Crippen molar-refractivity contribution < 1.29 is 22.7 Å². The Labute approximate surface area is 120 Å². The van der Waals surface area contributed by atoms with Crippen LogP contribution in [0.5, 0.6) is 0 Å². The molecule has 0 aliphatic carbocycles. The predicted molar refractivity (Wildman–Crippen MR) is 70.4 cm³/mol. The smallest absolute Gasteiger partial charge is 0.444 e. The minimum absolute atomic E-state index is 0.168. The SMILES string of the molecule is O=C(OCc1ccccc1)N(C[C@H]1CCCN1)C(F)(F)F. The highest BCUT2D eigenvalue weighted by Gasteiger charge is 2.43. The van der Waals surface area contributed by atoms with E-state index in [1.807, 2.05) is 0 Å². The molecule has 1 N–H and O–H groups in total. The third-order valence-electron chi connectivity index (χ3n) is 3.30. The largest absolute Gasteiger partial charge is 0.489 e. The molecule has 0 radical (unpaired) electrons. The van der Waals surface area contributed by atoms with E-state index in [-0.39, 0.29) is 17.5 Å². The van der Waals surface area contributed by atoms with Gasteiger partial charge in [0.15, 0.2) is 0 Å². The van der Waals surface area contributed by atoms with Crippen LogP contribution < -0.4 is 5.32 Å². The number of hydrogen-bond acceptors (Lipinski definition) is 3. The van der Waals surface area contributed by atoms with Gasteiger partial charge in [-0.1, -0.05) is 30.3 Å². The van der Waals surface area contributed by atoms with Crippen LogP contribution in [0.1, 0.15) is 18.4 Å². The molecule has 1 atom stereocenters. The lowest BCUT2D eigenvalue weighted by molar-refractivity contribution is -0.231. The monoisotopic (exact) mass is 302 g/mol. The van der Waals surface area contributed by atoms with Crippen LogP contribution in [-0.2, 0) is 11.3 Å².